The molecule has 2 N–H and O–H groups in total. The first kappa shape index (κ1) is 17.7. The third-order valence-electron chi connectivity index (χ3n) is 5.91. The highest BCUT2D eigenvalue weighted by Gasteiger charge is 2.29. The summed E-state index contributed by atoms with van der Waals surface area (Å²) in [6.45, 7) is 2.08. The van der Waals surface area contributed by atoms with Crippen LogP contribution in [-0.4, -0.2) is 34.6 Å². The average Bonchev–Trinajstić information content (AvgIpc) is 3.42. The Morgan fingerprint density at radius 1 is 1.27 bits per heavy atom. The second-order valence-electron chi connectivity index (χ2n) is 7.55. The number of thiophene rings is 1. The molecule has 1 unspecified atom stereocenters. The van der Waals surface area contributed by atoms with Gasteiger partial charge >= 0.3 is 0 Å². The van der Waals surface area contributed by atoms with Gasteiger partial charge in [-0.15, -0.1) is 11.3 Å². The van der Waals surface area contributed by atoms with Gasteiger partial charge in [-0.3, -0.25) is 14.8 Å². The SMILES string of the molecule is CNC(=O)c1ccc(C2CCCN2Cc2cn[nH]c2C2CCCCC2)s1. The van der Waals surface area contributed by atoms with Crippen molar-refractivity contribution in [2.75, 3.05) is 13.6 Å². The molecule has 2 fully saturated rings. The van der Waals surface area contributed by atoms with E-state index in [1.807, 2.05) is 12.3 Å². The van der Waals surface area contributed by atoms with Crippen molar-refractivity contribution in [3.63, 3.8) is 0 Å². The van der Waals surface area contributed by atoms with Gasteiger partial charge in [0.2, 0.25) is 0 Å². The highest BCUT2D eigenvalue weighted by Crippen LogP contribution is 2.38. The van der Waals surface area contributed by atoms with E-state index in [1.165, 1.54) is 61.1 Å². The van der Waals surface area contributed by atoms with Crippen molar-refractivity contribution >= 4 is 17.2 Å². The Kier molecular flexibility index (Phi) is 5.41. The second kappa shape index (κ2) is 7.92. The molecule has 0 bridgehead atoms. The molecule has 1 saturated heterocycles. The number of carbonyl (C=O) groups excluding carboxylic acids is 1. The van der Waals surface area contributed by atoms with Crippen molar-refractivity contribution < 1.29 is 4.79 Å². The van der Waals surface area contributed by atoms with Gasteiger partial charge in [0.1, 0.15) is 0 Å². The molecular formula is C20H28N4OS. The quantitative estimate of drug-likeness (QED) is 0.826. The molecule has 1 amide bonds. The van der Waals surface area contributed by atoms with Crippen LogP contribution in [0, 0.1) is 0 Å². The van der Waals surface area contributed by atoms with Crippen LogP contribution in [-0.2, 0) is 6.54 Å². The van der Waals surface area contributed by atoms with Crippen molar-refractivity contribution in [1.82, 2.24) is 20.4 Å². The number of H-pyrrole nitrogens is 1. The van der Waals surface area contributed by atoms with Crippen LogP contribution in [0.2, 0.25) is 0 Å². The van der Waals surface area contributed by atoms with Gasteiger partial charge in [-0.1, -0.05) is 19.3 Å². The molecule has 2 aliphatic rings. The summed E-state index contributed by atoms with van der Waals surface area (Å²) in [5.74, 6) is 0.670. The zero-order valence-corrected chi connectivity index (χ0v) is 16.3. The Morgan fingerprint density at radius 2 is 2.12 bits per heavy atom. The fraction of sp³-hybridized carbons (Fsp3) is 0.600. The normalized spacial score (nSPS) is 22.0. The largest absolute Gasteiger partial charge is 0.354 e. The molecule has 1 saturated carbocycles. The van der Waals surface area contributed by atoms with Crippen molar-refractivity contribution in [2.45, 2.75) is 63.5 Å². The number of nitrogens with one attached hydrogen (secondary N) is 2. The lowest BCUT2D eigenvalue weighted by molar-refractivity contribution is 0.0967. The summed E-state index contributed by atoms with van der Waals surface area (Å²) >= 11 is 1.63. The maximum Gasteiger partial charge on any atom is 0.261 e. The molecule has 1 atom stereocenters. The van der Waals surface area contributed by atoms with Crippen LogP contribution in [0.25, 0.3) is 0 Å². The molecule has 4 rings (SSSR count). The number of amides is 1. The van der Waals surface area contributed by atoms with Gasteiger partial charge in [0.15, 0.2) is 0 Å². The minimum Gasteiger partial charge on any atom is -0.354 e. The summed E-state index contributed by atoms with van der Waals surface area (Å²) in [6, 6.07) is 4.52. The van der Waals surface area contributed by atoms with Crippen molar-refractivity contribution in [3.05, 3.63) is 39.3 Å². The fourth-order valence-electron chi connectivity index (χ4n) is 4.53. The Hall–Kier alpha value is -1.66. The molecule has 1 aliphatic heterocycles. The zero-order chi connectivity index (χ0) is 17.9. The van der Waals surface area contributed by atoms with E-state index in [-0.39, 0.29) is 5.91 Å². The third-order valence-corrected chi connectivity index (χ3v) is 7.09. The number of hydrogen-bond donors (Lipinski definition) is 2. The summed E-state index contributed by atoms with van der Waals surface area (Å²) in [5.41, 5.74) is 2.74. The molecule has 6 heteroatoms. The smallest absolute Gasteiger partial charge is 0.261 e. The minimum absolute atomic E-state index is 0.0141. The van der Waals surface area contributed by atoms with Crippen LogP contribution in [0.5, 0.6) is 0 Å². The summed E-state index contributed by atoms with van der Waals surface area (Å²) in [5, 5.41) is 10.4. The third kappa shape index (κ3) is 3.58. The van der Waals surface area contributed by atoms with Crippen LogP contribution < -0.4 is 5.32 Å². The van der Waals surface area contributed by atoms with E-state index in [1.54, 1.807) is 18.4 Å². The van der Waals surface area contributed by atoms with Gasteiger partial charge < -0.3 is 5.32 Å². The highest BCUT2D eigenvalue weighted by atomic mass is 32.1. The van der Waals surface area contributed by atoms with Crippen LogP contribution in [0.1, 0.15) is 82.7 Å². The molecule has 2 aromatic heterocycles. The molecule has 140 valence electrons. The van der Waals surface area contributed by atoms with Crippen LogP contribution in [0.3, 0.4) is 0 Å². The van der Waals surface area contributed by atoms with Gasteiger partial charge in [0, 0.05) is 41.7 Å². The molecule has 3 heterocycles. The van der Waals surface area contributed by atoms with Crippen molar-refractivity contribution in [1.29, 1.82) is 0 Å². The lowest BCUT2D eigenvalue weighted by Crippen LogP contribution is -2.23. The Bertz CT molecular complexity index is 747. The Morgan fingerprint density at radius 3 is 2.92 bits per heavy atom. The number of nitrogens with zero attached hydrogens (tertiary/aromatic N) is 2. The standard InChI is InChI=1S/C20H28N4OS/c1-21-20(25)18-10-9-17(26-18)16-8-5-11-24(16)13-15-12-22-23-19(15)14-6-3-2-4-7-14/h9-10,12,14,16H,2-8,11,13H2,1H3,(H,21,25)(H,22,23). The zero-order valence-electron chi connectivity index (χ0n) is 15.5. The Balaban J connectivity index is 1.49. The number of hydrogen-bond acceptors (Lipinski definition) is 4. The topological polar surface area (TPSA) is 61.0 Å². The van der Waals surface area contributed by atoms with Crippen LogP contribution in [0.4, 0.5) is 0 Å². The predicted octanol–water partition coefficient (Wildman–Crippen LogP) is 4.22. The van der Waals surface area contributed by atoms with E-state index in [0.717, 1.165) is 18.0 Å². The van der Waals surface area contributed by atoms with E-state index < -0.39 is 0 Å². The fourth-order valence-corrected chi connectivity index (χ4v) is 5.65. The highest BCUT2D eigenvalue weighted by molar-refractivity contribution is 7.14. The lowest BCUT2D eigenvalue weighted by Gasteiger charge is -2.26. The van der Waals surface area contributed by atoms with E-state index >= 15 is 0 Å². The number of rotatable bonds is 5. The first-order valence-corrected chi connectivity index (χ1v) is 10.7. The summed E-state index contributed by atoms with van der Waals surface area (Å²) in [4.78, 5) is 16.6. The predicted molar refractivity (Wildman–Crippen MR) is 105 cm³/mol. The second-order valence-corrected chi connectivity index (χ2v) is 8.67. The molecule has 1 aliphatic carbocycles. The number of aromatic nitrogens is 2. The number of aromatic amines is 1. The van der Waals surface area contributed by atoms with Crippen LogP contribution >= 0.6 is 11.3 Å². The minimum atomic E-state index is 0.0141. The van der Waals surface area contributed by atoms with Crippen molar-refractivity contribution in [2.24, 2.45) is 0 Å². The van der Waals surface area contributed by atoms with E-state index in [0.29, 0.717) is 12.0 Å². The Labute approximate surface area is 159 Å². The monoisotopic (exact) mass is 372 g/mol. The maximum absolute atomic E-state index is 11.9. The molecule has 26 heavy (non-hydrogen) atoms. The molecule has 0 spiro atoms. The van der Waals surface area contributed by atoms with Gasteiger partial charge in [-0.2, -0.15) is 5.10 Å². The van der Waals surface area contributed by atoms with Gasteiger partial charge in [-0.05, 0) is 44.4 Å². The van der Waals surface area contributed by atoms with E-state index in [9.17, 15) is 4.79 Å². The van der Waals surface area contributed by atoms with Crippen molar-refractivity contribution in [3.8, 4) is 0 Å². The molecule has 0 aromatic carbocycles. The number of likely N-dealkylation sites (tertiary alicyclic amines) is 1. The summed E-state index contributed by atoms with van der Waals surface area (Å²) in [6.07, 6.45) is 11.1. The molecule has 5 nitrogen and oxygen atoms in total. The van der Waals surface area contributed by atoms with E-state index in [2.05, 4.69) is 26.5 Å². The lowest BCUT2D eigenvalue weighted by atomic mass is 9.85. The first-order valence-electron chi connectivity index (χ1n) is 9.84. The van der Waals surface area contributed by atoms with E-state index in [4.69, 9.17) is 0 Å². The molecule has 0 radical (unpaired) electrons. The first-order chi connectivity index (χ1) is 12.8. The molecular weight excluding hydrogens is 344 g/mol. The molecule has 2 aromatic rings. The summed E-state index contributed by atoms with van der Waals surface area (Å²) in [7, 11) is 1.69. The maximum atomic E-state index is 11.9. The van der Waals surface area contributed by atoms with Crippen LogP contribution in [0.15, 0.2) is 18.3 Å². The van der Waals surface area contributed by atoms with Gasteiger partial charge in [0.25, 0.3) is 5.91 Å². The number of carbonyl (C=O) groups is 1. The van der Waals surface area contributed by atoms with Gasteiger partial charge in [-0.25, -0.2) is 0 Å². The van der Waals surface area contributed by atoms with Gasteiger partial charge in [0.05, 0.1) is 11.1 Å². The average molecular weight is 373 g/mol. The summed E-state index contributed by atoms with van der Waals surface area (Å²) < 4.78 is 0.